The molecule has 29 heavy (non-hydrogen) atoms. The third kappa shape index (κ3) is 4.05. The lowest BCUT2D eigenvalue weighted by molar-refractivity contribution is -0.140. The van der Waals surface area contributed by atoms with E-state index in [9.17, 15) is 18.4 Å². The molecule has 2 heterocycles. The fourth-order valence-corrected chi connectivity index (χ4v) is 3.91. The van der Waals surface area contributed by atoms with E-state index in [1.807, 2.05) is 29.2 Å². The summed E-state index contributed by atoms with van der Waals surface area (Å²) in [4.78, 5) is 30.6. The van der Waals surface area contributed by atoms with Crippen LogP contribution >= 0.6 is 11.6 Å². The molecular formula is C21H20ClF2N3O2. The van der Waals surface area contributed by atoms with Gasteiger partial charge in [-0.15, -0.1) is 0 Å². The molecule has 2 saturated heterocycles. The second-order valence-electron chi connectivity index (χ2n) is 7.33. The molecule has 2 aliphatic rings. The second kappa shape index (κ2) is 7.99. The summed E-state index contributed by atoms with van der Waals surface area (Å²) in [6, 6.07) is 10.7. The summed E-state index contributed by atoms with van der Waals surface area (Å²) in [5.74, 6) is -2.65. The van der Waals surface area contributed by atoms with Gasteiger partial charge in [0.2, 0.25) is 5.91 Å². The molecule has 4 rings (SSSR count). The van der Waals surface area contributed by atoms with Crippen molar-refractivity contribution in [3.63, 3.8) is 0 Å². The van der Waals surface area contributed by atoms with Crippen LogP contribution in [0, 0.1) is 17.6 Å². The molecule has 0 N–H and O–H groups in total. The number of carbonyl (C=O) groups is 2. The zero-order valence-electron chi connectivity index (χ0n) is 15.7. The van der Waals surface area contributed by atoms with E-state index in [1.54, 1.807) is 0 Å². The summed E-state index contributed by atoms with van der Waals surface area (Å²) in [5, 5.41) is 0.682. The van der Waals surface area contributed by atoms with Gasteiger partial charge in [-0.2, -0.15) is 0 Å². The highest BCUT2D eigenvalue weighted by Crippen LogP contribution is 2.24. The molecule has 8 heteroatoms. The van der Waals surface area contributed by atoms with E-state index in [0.717, 1.165) is 30.9 Å². The molecule has 0 saturated carbocycles. The van der Waals surface area contributed by atoms with Crippen LogP contribution in [0.25, 0.3) is 0 Å². The van der Waals surface area contributed by atoms with Crippen LogP contribution in [0.2, 0.25) is 5.02 Å². The van der Waals surface area contributed by atoms with Gasteiger partial charge in [-0.05, 0) is 36.4 Å². The minimum atomic E-state index is -1.05. The lowest BCUT2D eigenvalue weighted by Gasteiger charge is -2.43. The van der Waals surface area contributed by atoms with Crippen molar-refractivity contribution in [2.24, 2.45) is 5.92 Å². The molecular weight excluding hydrogens is 400 g/mol. The van der Waals surface area contributed by atoms with Crippen LogP contribution in [0.15, 0.2) is 42.5 Å². The molecule has 0 aromatic heterocycles. The van der Waals surface area contributed by atoms with Crippen molar-refractivity contribution < 1.29 is 18.4 Å². The Morgan fingerprint density at radius 2 is 1.62 bits per heavy atom. The summed E-state index contributed by atoms with van der Waals surface area (Å²) in [7, 11) is 0. The van der Waals surface area contributed by atoms with Crippen molar-refractivity contribution in [2.45, 2.75) is 0 Å². The lowest BCUT2D eigenvalue weighted by atomic mass is 9.96. The van der Waals surface area contributed by atoms with Crippen molar-refractivity contribution in [1.29, 1.82) is 0 Å². The molecule has 0 spiro atoms. The zero-order chi connectivity index (χ0) is 20.5. The number of hydrogen-bond donors (Lipinski definition) is 0. The third-order valence-electron chi connectivity index (χ3n) is 5.45. The number of amides is 2. The minimum Gasteiger partial charge on any atom is -0.368 e. The van der Waals surface area contributed by atoms with Crippen LogP contribution in [-0.2, 0) is 4.79 Å². The smallest absolute Gasteiger partial charge is 0.254 e. The van der Waals surface area contributed by atoms with E-state index < -0.39 is 17.5 Å². The number of rotatable bonds is 3. The average molecular weight is 420 g/mol. The van der Waals surface area contributed by atoms with Crippen molar-refractivity contribution in [2.75, 3.05) is 44.2 Å². The lowest BCUT2D eigenvalue weighted by Crippen LogP contribution is -2.59. The topological polar surface area (TPSA) is 43.9 Å². The maximum atomic E-state index is 13.3. The highest BCUT2D eigenvalue weighted by molar-refractivity contribution is 6.30. The van der Waals surface area contributed by atoms with Crippen LogP contribution in [0.4, 0.5) is 14.5 Å². The van der Waals surface area contributed by atoms with Gasteiger partial charge < -0.3 is 14.7 Å². The SMILES string of the molecule is O=C(c1ccc(F)c(F)c1)N1CC(C(=O)N2CCN(c3cccc(Cl)c3)CC2)C1. The number of nitrogens with zero attached hydrogens (tertiary/aromatic N) is 3. The Kier molecular flexibility index (Phi) is 5.41. The normalized spacial score (nSPS) is 17.3. The first-order valence-corrected chi connectivity index (χ1v) is 9.84. The Balaban J connectivity index is 1.29. The van der Waals surface area contributed by atoms with Gasteiger partial charge in [0.1, 0.15) is 0 Å². The van der Waals surface area contributed by atoms with E-state index in [1.165, 1.54) is 11.0 Å². The Labute approximate surface area is 172 Å². The van der Waals surface area contributed by atoms with E-state index in [4.69, 9.17) is 11.6 Å². The van der Waals surface area contributed by atoms with Crippen molar-refractivity contribution in [3.8, 4) is 0 Å². The highest BCUT2D eigenvalue weighted by Gasteiger charge is 2.39. The summed E-state index contributed by atoms with van der Waals surface area (Å²) < 4.78 is 26.4. The predicted molar refractivity (Wildman–Crippen MR) is 106 cm³/mol. The molecule has 2 aliphatic heterocycles. The Morgan fingerprint density at radius 3 is 2.28 bits per heavy atom. The van der Waals surface area contributed by atoms with Gasteiger partial charge in [-0.1, -0.05) is 17.7 Å². The number of halogens is 3. The van der Waals surface area contributed by atoms with Crippen LogP contribution in [0.5, 0.6) is 0 Å². The van der Waals surface area contributed by atoms with E-state index >= 15 is 0 Å². The van der Waals surface area contributed by atoms with E-state index in [2.05, 4.69) is 4.90 Å². The average Bonchev–Trinajstić information content (AvgIpc) is 2.69. The fraction of sp³-hybridized carbons (Fsp3) is 0.333. The summed E-state index contributed by atoms with van der Waals surface area (Å²) in [5.41, 5.74) is 1.13. The molecule has 0 unspecified atom stereocenters. The Hall–Kier alpha value is -2.67. The number of likely N-dealkylation sites (tertiary alicyclic amines) is 1. The first-order chi connectivity index (χ1) is 13.9. The molecule has 5 nitrogen and oxygen atoms in total. The van der Waals surface area contributed by atoms with Crippen LogP contribution in [-0.4, -0.2) is 60.9 Å². The van der Waals surface area contributed by atoms with Crippen LogP contribution in [0.1, 0.15) is 10.4 Å². The third-order valence-corrected chi connectivity index (χ3v) is 5.68. The van der Waals surface area contributed by atoms with Gasteiger partial charge >= 0.3 is 0 Å². The monoisotopic (exact) mass is 419 g/mol. The quantitative estimate of drug-likeness (QED) is 0.768. The molecule has 2 fully saturated rings. The molecule has 0 radical (unpaired) electrons. The fourth-order valence-electron chi connectivity index (χ4n) is 3.73. The molecule has 0 aliphatic carbocycles. The van der Waals surface area contributed by atoms with Crippen LogP contribution in [0.3, 0.4) is 0 Å². The number of carbonyl (C=O) groups excluding carboxylic acids is 2. The first-order valence-electron chi connectivity index (χ1n) is 9.46. The number of benzene rings is 2. The Morgan fingerprint density at radius 1 is 0.897 bits per heavy atom. The maximum Gasteiger partial charge on any atom is 0.254 e. The number of hydrogen-bond acceptors (Lipinski definition) is 3. The van der Waals surface area contributed by atoms with Gasteiger partial charge in [0.15, 0.2) is 11.6 Å². The summed E-state index contributed by atoms with van der Waals surface area (Å²) in [6.45, 7) is 3.25. The van der Waals surface area contributed by atoms with Gasteiger partial charge in [0, 0.05) is 55.5 Å². The standard InChI is InChI=1S/C21H20ClF2N3O2/c22-16-2-1-3-17(11-16)25-6-8-26(9-7-25)21(29)15-12-27(13-15)20(28)14-4-5-18(23)19(24)10-14/h1-5,10-11,15H,6-9,12-13H2. The van der Waals surface area contributed by atoms with Crippen molar-refractivity contribution in [1.82, 2.24) is 9.80 Å². The molecule has 0 bridgehead atoms. The predicted octanol–water partition coefficient (Wildman–Crippen LogP) is 3.04. The molecule has 0 atom stereocenters. The molecule has 2 aromatic carbocycles. The maximum absolute atomic E-state index is 13.3. The summed E-state index contributed by atoms with van der Waals surface area (Å²) >= 11 is 6.05. The van der Waals surface area contributed by atoms with E-state index in [-0.39, 0.29) is 17.4 Å². The van der Waals surface area contributed by atoms with Gasteiger partial charge in [0.25, 0.3) is 5.91 Å². The summed E-state index contributed by atoms with van der Waals surface area (Å²) in [6.07, 6.45) is 0. The molecule has 2 amide bonds. The van der Waals surface area contributed by atoms with Crippen molar-refractivity contribution in [3.05, 3.63) is 64.7 Å². The Bertz CT molecular complexity index is 941. The van der Waals surface area contributed by atoms with Gasteiger partial charge in [-0.25, -0.2) is 8.78 Å². The van der Waals surface area contributed by atoms with Gasteiger partial charge in [0.05, 0.1) is 5.92 Å². The first kappa shape index (κ1) is 19.6. The number of piperazine rings is 1. The van der Waals surface area contributed by atoms with Gasteiger partial charge in [-0.3, -0.25) is 9.59 Å². The second-order valence-corrected chi connectivity index (χ2v) is 7.76. The largest absolute Gasteiger partial charge is 0.368 e. The van der Waals surface area contributed by atoms with E-state index in [0.29, 0.717) is 31.2 Å². The highest BCUT2D eigenvalue weighted by atomic mass is 35.5. The molecule has 152 valence electrons. The molecule has 2 aromatic rings. The number of anilines is 1. The van der Waals surface area contributed by atoms with Crippen molar-refractivity contribution >= 4 is 29.1 Å². The minimum absolute atomic E-state index is 0.0325. The van der Waals surface area contributed by atoms with Crippen LogP contribution < -0.4 is 4.90 Å². The zero-order valence-corrected chi connectivity index (χ0v) is 16.4.